The average molecular weight is 314 g/mol. The first-order valence-electron chi connectivity index (χ1n) is 6.62. The number of benzene rings is 2. The van der Waals surface area contributed by atoms with Crippen molar-refractivity contribution in [2.24, 2.45) is 0 Å². The van der Waals surface area contributed by atoms with Gasteiger partial charge in [-0.15, -0.1) is 0 Å². The van der Waals surface area contributed by atoms with Crippen LogP contribution in [-0.4, -0.2) is 6.61 Å². The van der Waals surface area contributed by atoms with Crippen molar-refractivity contribution < 1.29 is 27.0 Å². The molecule has 0 radical (unpaired) electrons. The number of ether oxygens (including phenoxy) is 2. The normalized spacial score (nSPS) is 11.5. The topological polar surface area (TPSA) is 18.5 Å². The molecule has 0 unspecified atom stereocenters. The van der Waals surface area contributed by atoms with E-state index in [1.807, 2.05) is 6.92 Å². The molecule has 0 fully saturated rings. The predicted octanol–water partition coefficient (Wildman–Crippen LogP) is 4.98. The van der Waals surface area contributed by atoms with Gasteiger partial charge < -0.3 is 9.47 Å². The highest BCUT2D eigenvalue weighted by Gasteiger charge is 2.34. The number of hydrogen-bond donors (Lipinski definition) is 0. The summed E-state index contributed by atoms with van der Waals surface area (Å²) in [7, 11) is 0. The molecular formula is C16H14F4O2. The van der Waals surface area contributed by atoms with E-state index in [0.717, 1.165) is 36.2 Å². The van der Waals surface area contributed by atoms with Crippen molar-refractivity contribution in [3.8, 4) is 11.5 Å². The standard InChI is InChI=1S/C16H14F4O2/c1-2-11-3-5-12(6-4-11)16(19,20)22-14-9-7-13(8-10-14)21-15(17)18/h3-10,15H,2H2,1H3. The first kappa shape index (κ1) is 16.1. The van der Waals surface area contributed by atoms with Crippen LogP contribution in [0.15, 0.2) is 48.5 Å². The maximum Gasteiger partial charge on any atom is 0.426 e. The summed E-state index contributed by atoms with van der Waals surface area (Å²) in [5.41, 5.74) is 0.658. The lowest BCUT2D eigenvalue weighted by Crippen LogP contribution is -2.21. The molecule has 22 heavy (non-hydrogen) atoms. The van der Waals surface area contributed by atoms with E-state index in [1.54, 1.807) is 12.1 Å². The molecular weight excluding hydrogens is 300 g/mol. The number of aryl methyl sites for hydroxylation is 1. The minimum absolute atomic E-state index is 0.127. The van der Waals surface area contributed by atoms with E-state index in [4.69, 9.17) is 0 Å². The van der Waals surface area contributed by atoms with Gasteiger partial charge in [-0.2, -0.15) is 17.6 Å². The molecule has 0 atom stereocenters. The Morgan fingerprint density at radius 2 is 1.45 bits per heavy atom. The molecule has 0 amide bonds. The van der Waals surface area contributed by atoms with E-state index >= 15 is 0 Å². The zero-order valence-corrected chi connectivity index (χ0v) is 11.7. The molecule has 0 saturated heterocycles. The molecule has 2 rings (SSSR count). The van der Waals surface area contributed by atoms with Gasteiger partial charge in [0.1, 0.15) is 11.5 Å². The van der Waals surface area contributed by atoms with Crippen LogP contribution in [0.4, 0.5) is 17.6 Å². The molecule has 118 valence electrons. The number of hydrogen-bond acceptors (Lipinski definition) is 2. The number of alkyl halides is 4. The van der Waals surface area contributed by atoms with Crippen LogP contribution in [0, 0.1) is 0 Å². The maximum atomic E-state index is 14.0. The van der Waals surface area contributed by atoms with Crippen LogP contribution >= 0.6 is 0 Å². The summed E-state index contributed by atoms with van der Waals surface area (Å²) in [6.07, 6.45) is -2.77. The van der Waals surface area contributed by atoms with Crippen LogP contribution in [0.25, 0.3) is 0 Å². The van der Waals surface area contributed by atoms with Crippen molar-refractivity contribution in [3.63, 3.8) is 0 Å². The van der Waals surface area contributed by atoms with Gasteiger partial charge in [-0.05, 0) is 48.4 Å². The smallest absolute Gasteiger partial charge is 0.426 e. The predicted molar refractivity (Wildman–Crippen MR) is 73.4 cm³/mol. The van der Waals surface area contributed by atoms with E-state index in [2.05, 4.69) is 9.47 Å². The second kappa shape index (κ2) is 6.68. The Kier molecular flexibility index (Phi) is 4.90. The second-order valence-electron chi connectivity index (χ2n) is 4.52. The van der Waals surface area contributed by atoms with Gasteiger partial charge in [-0.1, -0.05) is 19.1 Å². The highest BCUT2D eigenvalue weighted by molar-refractivity contribution is 5.32. The van der Waals surface area contributed by atoms with Crippen LogP contribution in [0.3, 0.4) is 0 Å². The molecule has 0 N–H and O–H groups in total. The molecule has 0 aliphatic carbocycles. The van der Waals surface area contributed by atoms with Crippen LogP contribution in [-0.2, 0) is 12.5 Å². The third-order valence-electron chi connectivity index (χ3n) is 2.99. The summed E-state index contributed by atoms with van der Waals surface area (Å²) >= 11 is 0. The van der Waals surface area contributed by atoms with Crippen LogP contribution in [0.5, 0.6) is 11.5 Å². The summed E-state index contributed by atoms with van der Waals surface area (Å²) in [4.78, 5) is 0. The Hall–Kier alpha value is -2.24. The summed E-state index contributed by atoms with van der Waals surface area (Å²) in [6.45, 7) is -1.04. The Morgan fingerprint density at radius 3 is 1.95 bits per heavy atom. The SMILES string of the molecule is CCc1ccc(C(F)(F)Oc2ccc(OC(F)F)cc2)cc1. The second-order valence-corrected chi connectivity index (χ2v) is 4.52. The van der Waals surface area contributed by atoms with Crippen molar-refractivity contribution in [2.75, 3.05) is 0 Å². The van der Waals surface area contributed by atoms with Crippen molar-refractivity contribution in [1.82, 2.24) is 0 Å². The molecule has 0 aliphatic rings. The quantitative estimate of drug-likeness (QED) is 0.700. The van der Waals surface area contributed by atoms with Crippen LogP contribution < -0.4 is 9.47 Å². The van der Waals surface area contributed by atoms with Crippen molar-refractivity contribution in [3.05, 3.63) is 59.7 Å². The fraction of sp³-hybridized carbons (Fsp3) is 0.250. The van der Waals surface area contributed by atoms with Gasteiger partial charge in [0.15, 0.2) is 0 Å². The molecule has 0 saturated carbocycles. The molecule has 2 aromatic carbocycles. The van der Waals surface area contributed by atoms with Gasteiger partial charge in [0, 0.05) is 0 Å². The molecule has 0 aromatic heterocycles. The van der Waals surface area contributed by atoms with Crippen LogP contribution in [0.2, 0.25) is 0 Å². The molecule has 2 nitrogen and oxygen atoms in total. The highest BCUT2D eigenvalue weighted by atomic mass is 19.3. The van der Waals surface area contributed by atoms with Gasteiger partial charge in [0.25, 0.3) is 0 Å². The summed E-state index contributed by atoms with van der Waals surface area (Å²) < 4.78 is 60.8. The van der Waals surface area contributed by atoms with Gasteiger partial charge in [0.05, 0.1) is 5.56 Å². The summed E-state index contributed by atoms with van der Waals surface area (Å²) in [5, 5.41) is 0. The van der Waals surface area contributed by atoms with Crippen molar-refractivity contribution in [2.45, 2.75) is 26.1 Å². The van der Waals surface area contributed by atoms with Gasteiger partial charge in [-0.3, -0.25) is 0 Å². The molecule has 0 spiro atoms. The number of rotatable bonds is 6. The first-order chi connectivity index (χ1) is 10.4. The first-order valence-corrected chi connectivity index (χ1v) is 6.62. The summed E-state index contributed by atoms with van der Waals surface area (Å²) in [5.74, 6) is -0.274. The molecule has 0 aliphatic heterocycles. The van der Waals surface area contributed by atoms with E-state index in [-0.39, 0.29) is 17.1 Å². The van der Waals surface area contributed by atoms with Gasteiger partial charge >= 0.3 is 12.7 Å². The lowest BCUT2D eigenvalue weighted by Gasteiger charge is -2.18. The third kappa shape index (κ3) is 4.13. The molecule has 0 heterocycles. The minimum Gasteiger partial charge on any atom is -0.435 e. The lowest BCUT2D eigenvalue weighted by atomic mass is 10.1. The molecule has 0 bridgehead atoms. The van der Waals surface area contributed by atoms with E-state index in [1.165, 1.54) is 12.1 Å². The fourth-order valence-corrected chi connectivity index (χ4v) is 1.83. The minimum atomic E-state index is -3.52. The Balaban J connectivity index is 2.09. The molecule has 6 heteroatoms. The highest BCUT2D eigenvalue weighted by Crippen LogP contribution is 2.32. The lowest BCUT2D eigenvalue weighted by molar-refractivity contribution is -0.185. The third-order valence-corrected chi connectivity index (χ3v) is 2.99. The fourth-order valence-electron chi connectivity index (χ4n) is 1.83. The van der Waals surface area contributed by atoms with Crippen molar-refractivity contribution in [1.29, 1.82) is 0 Å². The monoisotopic (exact) mass is 314 g/mol. The van der Waals surface area contributed by atoms with Gasteiger partial charge in [-0.25, -0.2) is 0 Å². The van der Waals surface area contributed by atoms with Gasteiger partial charge in [0.2, 0.25) is 0 Å². The van der Waals surface area contributed by atoms with E-state index in [0.29, 0.717) is 0 Å². The Bertz CT molecular complexity index is 595. The maximum absolute atomic E-state index is 14.0. The Labute approximate surface area is 125 Å². The summed E-state index contributed by atoms with van der Waals surface area (Å²) in [6, 6.07) is 10.4. The zero-order chi connectivity index (χ0) is 16.2. The van der Waals surface area contributed by atoms with E-state index < -0.39 is 12.7 Å². The van der Waals surface area contributed by atoms with Crippen molar-refractivity contribution >= 4 is 0 Å². The zero-order valence-electron chi connectivity index (χ0n) is 11.7. The van der Waals surface area contributed by atoms with Crippen LogP contribution in [0.1, 0.15) is 18.1 Å². The average Bonchev–Trinajstić information content (AvgIpc) is 2.48. The number of halogens is 4. The molecule has 2 aromatic rings. The Morgan fingerprint density at radius 1 is 0.909 bits per heavy atom. The largest absolute Gasteiger partial charge is 0.435 e. The van der Waals surface area contributed by atoms with E-state index in [9.17, 15) is 17.6 Å².